The highest BCUT2D eigenvalue weighted by Gasteiger charge is 2.32. The first-order chi connectivity index (χ1) is 11.1. The van der Waals surface area contributed by atoms with E-state index in [1.807, 2.05) is 13.8 Å². The van der Waals surface area contributed by atoms with Crippen molar-refractivity contribution in [3.8, 4) is 0 Å². The molecule has 3 heterocycles. The smallest absolute Gasteiger partial charge is 0.263 e. The summed E-state index contributed by atoms with van der Waals surface area (Å²) in [6.07, 6.45) is 6.67. The quantitative estimate of drug-likeness (QED) is 0.931. The van der Waals surface area contributed by atoms with Crippen LogP contribution < -0.4 is 5.32 Å². The van der Waals surface area contributed by atoms with Crippen LogP contribution in [0.15, 0.2) is 17.9 Å². The second-order valence-corrected chi connectivity index (χ2v) is 6.76. The van der Waals surface area contributed by atoms with Crippen LogP contribution in [0.3, 0.4) is 0 Å². The fourth-order valence-corrected chi connectivity index (χ4v) is 3.33. The first kappa shape index (κ1) is 16.0. The summed E-state index contributed by atoms with van der Waals surface area (Å²) in [7, 11) is 0. The fraction of sp³-hybridized carbons (Fsp3) is 0.500. The minimum Gasteiger partial charge on any atom is -0.367 e. The van der Waals surface area contributed by atoms with Gasteiger partial charge in [-0.15, -0.1) is 11.3 Å². The molecule has 0 spiro atoms. The lowest BCUT2D eigenvalue weighted by Gasteiger charge is -2.32. The molecule has 1 saturated heterocycles. The van der Waals surface area contributed by atoms with E-state index in [4.69, 9.17) is 4.74 Å². The van der Waals surface area contributed by atoms with Gasteiger partial charge in [0.05, 0.1) is 11.2 Å². The lowest BCUT2D eigenvalue weighted by molar-refractivity contribution is -0.0760. The molecule has 1 atom stereocenters. The van der Waals surface area contributed by atoms with Gasteiger partial charge in [0.15, 0.2) is 5.82 Å². The number of nitrogens with one attached hydrogen (secondary N) is 1. The molecule has 1 fully saturated rings. The number of hydrogen-bond acceptors (Lipinski definition) is 6. The standard InChI is InChI=1S/C16H20N4O2S/c1-11-13(23-10-20-11)14(21)17-7-12-8-18-15(19-9-12)16(2)5-3-4-6-22-16/h8-10H,3-7H2,1-2H3,(H,17,21). The lowest BCUT2D eigenvalue weighted by atomic mass is 9.95. The Morgan fingerprint density at radius 3 is 2.74 bits per heavy atom. The Balaban J connectivity index is 1.61. The van der Waals surface area contributed by atoms with Gasteiger partial charge < -0.3 is 10.1 Å². The fourth-order valence-electron chi connectivity index (χ4n) is 2.61. The van der Waals surface area contributed by atoms with Crippen LogP contribution in [0.2, 0.25) is 0 Å². The second kappa shape index (κ2) is 6.72. The average molecular weight is 332 g/mol. The van der Waals surface area contributed by atoms with E-state index in [0.717, 1.165) is 37.1 Å². The van der Waals surface area contributed by atoms with Crippen LogP contribution in [0, 0.1) is 6.92 Å². The van der Waals surface area contributed by atoms with Gasteiger partial charge in [-0.05, 0) is 33.1 Å². The highest BCUT2D eigenvalue weighted by Crippen LogP contribution is 2.32. The number of carbonyl (C=O) groups is 1. The minimum atomic E-state index is -0.389. The zero-order valence-corrected chi connectivity index (χ0v) is 14.2. The third kappa shape index (κ3) is 3.56. The summed E-state index contributed by atoms with van der Waals surface area (Å²) >= 11 is 1.34. The van der Waals surface area contributed by atoms with Gasteiger partial charge in [0, 0.05) is 31.1 Å². The first-order valence-corrected chi connectivity index (χ1v) is 8.60. The van der Waals surface area contributed by atoms with Crippen LogP contribution in [0.1, 0.15) is 52.9 Å². The summed E-state index contributed by atoms with van der Waals surface area (Å²) in [4.78, 5) is 25.7. The molecule has 7 heteroatoms. The second-order valence-electron chi connectivity index (χ2n) is 5.90. The van der Waals surface area contributed by atoms with Crippen molar-refractivity contribution in [2.75, 3.05) is 6.61 Å². The Morgan fingerprint density at radius 2 is 2.13 bits per heavy atom. The molecule has 1 aliphatic rings. The van der Waals surface area contributed by atoms with Crippen molar-refractivity contribution in [3.63, 3.8) is 0 Å². The SMILES string of the molecule is Cc1ncsc1C(=O)NCc1cnc(C2(C)CCCCO2)nc1. The maximum Gasteiger partial charge on any atom is 0.263 e. The van der Waals surface area contributed by atoms with E-state index in [1.165, 1.54) is 11.3 Å². The van der Waals surface area contributed by atoms with Gasteiger partial charge in [-0.3, -0.25) is 4.79 Å². The van der Waals surface area contributed by atoms with E-state index in [-0.39, 0.29) is 11.5 Å². The zero-order chi connectivity index (χ0) is 16.3. The molecule has 1 aliphatic heterocycles. The Hall–Kier alpha value is -1.86. The van der Waals surface area contributed by atoms with Gasteiger partial charge in [-0.25, -0.2) is 15.0 Å². The van der Waals surface area contributed by atoms with Gasteiger partial charge in [0.25, 0.3) is 5.91 Å². The number of ether oxygens (including phenoxy) is 1. The van der Waals surface area contributed by atoms with E-state index in [1.54, 1.807) is 17.9 Å². The van der Waals surface area contributed by atoms with Gasteiger partial charge in [-0.1, -0.05) is 0 Å². The minimum absolute atomic E-state index is 0.114. The maximum atomic E-state index is 12.1. The molecule has 0 aliphatic carbocycles. The maximum absolute atomic E-state index is 12.1. The van der Waals surface area contributed by atoms with Gasteiger partial charge in [0.2, 0.25) is 0 Å². The van der Waals surface area contributed by atoms with Crippen LogP contribution in [0.5, 0.6) is 0 Å². The first-order valence-electron chi connectivity index (χ1n) is 7.72. The molecule has 0 radical (unpaired) electrons. The predicted octanol–water partition coefficient (Wildman–Crippen LogP) is 2.59. The molecule has 0 saturated carbocycles. The normalized spacial score (nSPS) is 21.1. The molecule has 23 heavy (non-hydrogen) atoms. The monoisotopic (exact) mass is 332 g/mol. The van der Waals surface area contributed by atoms with Crippen LogP contribution in [-0.4, -0.2) is 27.5 Å². The van der Waals surface area contributed by atoms with Crippen molar-refractivity contribution >= 4 is 17.2 Å². The number of amides is 1. The Kier molecular flexibility index (Phi) is 4.68. The van der Waals surface area contributed by atoms with E-state index < -0.39 is 0 Å². The van der Waals surface area contributed by atoms with Crippen molar-refractivity contribution in [2.45, 2.75) is 45.3 Å². The van der Waals surface area contributed by atoms with Crippen molar-refractivity contribution in [1.82, 2.24) is 20.3 Å². The Labute approximate surface area is 139 Å². The number of nitrogens with zero attached hydrogens (tertiary/aromatic N) is 3. The van der Waals surface area contributed by atoms with Crippen molar-refractivity contribution in [3.05, 3.63) is 39.9 Å². The highest BCUT2D eigenvalue weighted by molar-refractivity contribution is 7.11. The van der Waals surface area contributed by atoms with E-state index in [0.29, 0.717) is 17.2 Å². The molecule has 0 aromatic carbocycles. The molecular formula is C16H20N4O2S. The molecule has 1 N–H and O–H groups in total. The van der Waals surface area contributed by atoms with Gasteiger partial charge >= 0.3 is 0 Å². The summed E-state index contributed by atoms with van der Waals surface area (Å²) in [6.45, 7) is 5.02. The molecule has 2 aromatic rings. The molecule has 0 bridgehead atoms. The number of rotatable bonds is 4. The highest BCUT2D eigenvalue weighted by atomic mass is 32.1. The lowest BCUT2D eigenvalue weighted by Crippen LogP contribution is -2.32. The third-order valence-corrected chi connectivity index (χ3v) is 4.98. The largest absolute Gasteiger partial charge is 0.367 e. The Morgan fingerprint density at radius 1 is 1.35 bits per heavy atom. The molecular weight excluding hydrogens is 312 g/mol. The van der Waals surface area contributed by atoms with E-state index >= 15 is 0 Å². The topological polar surface area (TPSA) is 77.0 Å². The summed E-state index contributed by atoms with van der Waals surface area (Å²) in [5.74, 6) is 0.599. The van der Waals surface area contributed by atoms with Gasteiger partial charge in [-0.2, -0.15) is 0 Å². The number of aryl methyl sites for hydroxylation is 1. The molecule has 1 amide bonds. The van der Waals surface area contributed by atoms with Crippen LogP contribution in [0.25, 0.3) is 0 Å². The van der Waals surface area contributed by atoms with Crippen LogP contribution >= 0.6 is 11.3 Å². The number of aromatic nitrogens is 3. The molecule has 1 unspecified atom stereocenters. The Bertz CT molecular complexity index is 678. The van der Waals surface area contributed by atoms with Crippen molar-refractivity contribution in [1.29, 1.82) is 0 Å². The van der Waals surface area contributed by atoms with Crippen molar-refractivity contribution < 1.29 is 9.53 Å². The number of hydrogen-bond donors (Lipinski definition) is 1. The summed E-state index contributed by atoms with van der Waals surface area (Å²) < 4.78 is 5.85. The van der Waals surface area contributed by atoms with Crippen LogP contribution in [-0.2, 0) is 16.9 Å². The number of thiazole rings is 1. The molecule has 2 aromatic heterocycles. The predicted molar refractivity (Wildman–Crippen MR) is 87.2 cm³/mol. The van der Waals surface area contributed by atoms with Crippen molar-refractivity contribution in [2.24, 2.45) is 0 Å². The average Bonchev–Trinajstić information content (AvgIpc) is 3.00. The van der Waals surface area contributed by atoms with Crippen LogP contribution in [0.4, 0.5) is 0 Å². The number of carbonyl (C=O) groups excluding carboxylic acids is 1. The zero-order valence-electron chi connectivity index (χ0n) is 13.3. The summed E-state index contributed by atoms with van der Waals surface area (Å²) in [5.41, 5.74) is 2.90. The van der Waals surface area contributed by atoms with E-state index in [9.17, 15) is 4.79 Å². The van der Waals surface area contributed by atoms with E-state index in [2.05, 4.69) is 20.3 Å². The third-order valence-electron chi connectivity index (χ3n) is 4.05. The summed E-state index contributed by atoms with van der Waals surface area (Å²) in [6, 6.07) is 0. The molecule has 3 rings (SSSR count). The molecule has 122 valence electrons. The van der Waals surface area contributed by atoms with Gasteiger partial charge in [0.1, 0.15) is 10.5 Å². The summed E-state index contributed by atoms with van der Waals surface area (Å²) in [5, 5.41) is 2.87. The molecule has 6 nitrogen and oxygen atoms in total.